The van der Waals surface area contributed by atoms with Gasteiger partial charge in [0, 0.05) is 19.1 Å². The Morgan fingerprint density at radius 1 is 1.33 bits per heavy atom. The molecule has 5 nitrogen and oxygen atoms in total. The summed E-state index contributed by atoms with van der Waals surface area (Å²) >= 11 is 0. The predicted octanol–water partition coefficient (Wildman–Crippen LogP) is 1.73. The van der Waals surface area contributed by atoms with Crippen LogP contribution >= 0.6 is 0 Å². The van der Waals surface area contributed by atoms with Crippen molar-refractivity contribution >= 4 is 5.91 Å². The molecule has 2 atom stereocenters. The van der Waals surface area contributed by atoms with Crippen LogP contribution in [-0.2, 0) is 14.3 Å². The Morgan fingerprint density at radius 2 is 1.90 bits per heavy atom. The third-order valence-electron chi connectivity index (χ3n) is 3.99. The summed E-state index contributed by atoms with van der Waals surface area (Å²) in [6.07, 6.45) is 1.78. The monoisotopic (exact) mass is 301 g/mol. The lowest BCUT2D eigenvalue weighted by molar-refractivity contribution is -0.130. The van der Waals surface area contributed by atoms with Gasteiger partial charge in [0.05, 0.1) is 24.4 Å². The highest BCUT2D eigenvalue weighted by atomic mass is 16.5. The molecule has 2 unspecified atom stereocenters. The zero-order chi connectivity index (χ0) is 16.0. The van der Waals surface area contributed by atoms with Gasteiger partial charge in [-0.25, -0.2) is 0 Å². The lowest BCUT2D eigenvalue weighted by Gasteiger charge is -2.36. The molecule has 0 aromatic carbocycles. The van der Waals surface area contributed by atoms with Gasteiger partial charge in [-0.15, -0.1) is 0 Å². The molecule has 1 heterocycles. The van der Waals surface area contributed by atoms with Crippen molar-refractivity contribution in [3.63, 3.8) is 0 Å². The first-order chi connectivity index (χ1) is 9.71. The number of amides is 1. The van der Waals surface area contributed by atoms with E-state index in [4.69, 9.17) is 9.47 Å². The maximum Gasteiger partial charge on any atom is 0.222 e. The first-order valence-corrected chi connectivity index (χ1v) is 7.94. The third kappa shape index (κ3) is 6.32. The minimum atomic E-state index is -1.03. The third-order valence-corrected chi connectivity index (χ3v) is 3.99. The van der Waals surface area contributed by atoms with E-state index >= 15 is 0 Å². The van der Waals surface area contributed by atoms with Gasteiger partial charge in [0.15, 0.2) is 0 Å². The molecule has 1 amide bonds. The molecule has 1 aliphatic rings. The Kier molecular flexibility index (Phi) is 7.10. The van der Waals surface area contributed by atoms with Gasteiger partial charge >= 0.3 is 0 Å². The zero-order valence-corrected chi connectivity index (χ0v) is 14.0. The minimum Gasteiger partial charge on any atom is -0.388 e. The highest BCUT2D eigenvalue weighted by molar-refractivity contribution is 5.78. The molecule has 1 fully saturated rings. The molecule has 1 aliphatic heterocycles. The number of aliphatic hydroxyl groups is 1. The Balaban J connectivity index is 2.54. The highest BCUT2D eigenvalue weighted by Gasteiger charge is 2.34. The van der Waals surface area contributed by atoms with Crippen molar-refractivity contribution in [1.82, 2.24) is 5.32 Å². The standard InChI is InChI=1S/C16H31NO4/c1-11(2)15(18)17-14(16(4,5)19)12(3)21-10-13-6-8-20-9-7-13/h11-14,19H,6-10H2,1-5H3,(H,17,18). The van der Waals surface area contributed by atoms with Gasteiger partial charge in [-0.2, -0.15) is 0 Å². The van der Waals surface area contributed by atoms with Crippen molar-refractivity contribution in [2.75, 3.05) is 19.8 Å². The predicted molar refractivity (Wildman–Crippen MR) is 82.0 cm³/mol. The van der Waals surface area contributed by atoms with E-state index in [1.807, 2.05) is 20.8 Å². The van der Waals surface area contributed by atoms with Crippen LogP contribution in [0.1, 0.15) is 47.5 Å². The maximum absolute atomic E-state index is 11.9. The fourth-order valence-corrected chi connectivity index (χ4v) is 2.49. The molecule has 124 valence electrons. The average Bonchev–Trinajstić information content (AvgIpc) is 2.41. The second-order valence-electron chi connectivity index (χ2n) is 6.89. The van der Waals surface area contributed by atoms with Gasteiger partial charge in [-0.3, -0.25) is 4.79 Å². The van der Waals surface area contributed by atoms with Gasteiger partial charge in [0.25, 0.3) is 0 Å². The van der Waals surface area contributed by atoms with E-state index in [1.165, 1.54) is 0 Å². The van der Waals surface area contributed by atoms with Crippen LogP contribution < -0.4 is 5.32 Å². The zero-order valence-electron chi connectivity index (χ0n) is 14.0. The summed E-state index contributed by atoms with van der Waals surface area (Å²) in [6, 6.07) is -0.424. The topological polar surface area (TPSA) is 67.8 Å². The molecule has 1 saturated heterocycles. The van der Waals surface area contributed by atoms with Gasteiger partial charge in [-0.1, -0.05) is 13.8 Å². The van der Waals surface area contributed by atoms with Gasteiger partial charge in [0.1, 0.15) is 0 Å². The summed E-state index contributed by atoms with van der Waals surface area (Å²) in [4.78, 5) is 11.9. The van der Waals surface area contributed by atoms with Crippen molar-refractivity contribution in [1.29, 1.82) is 0 Å². The molecule has 0 bridgehead atoms. The largest absolute Gasteiger partial charge is 0.388 e. The summed E-state index contributed by atoms with van der Waals surface area (Å²) in [7, 11) is 0. The van der Waals surface area contributed by atoms with Gasteiger partial charge in [-0.05, 0) is 39.5 Å². The van der Waals surface area contributed by atoms with Crippen molar-refractivity contribution in [3.8, 4) is 0 Å². The summed E-state index contributed by atoms with van der Waals surface area (Å²) in [5.74, 6) is 0.325. The van der Waals surface area contributed by atoms with Crippen LogP contribution in [0, 0.1) is 11.8 Å². The fourth-order valence-electron chi connectivity index (χ4n) is 2.49. The van der Waals surface area contributed by atoms with E-state index < -0.39 is 11.6 Å². The van der Waals surface area contributed by atoms with Crippen molar-refractivity contribution < 1.29 is 19.4 Å². The molecule has 0 aromatic heterocycles. The number of ether oxygens (including phenoxy) is 2. The summed E-state index contributed by atoms with van der Waals surface area (Å²) in [5, 5.41) is 13.2. The smallest absolute Gasteiger partial charge is 0.222 e. The van der Waals surface area contributed by atoms with Crippen LogP contribution in [0.2, 0.25) is 0 Å². The first kappa shape index (κ1) is 18.4. The second-order valence-corrected chi connectivity index (χ2v) is 6.89. The number of hydrogen-bond acceptors (Lipinski definition) is 4. The van der Waals surface area contributed by atoms with Crippen LogP contribution in [0.4, 0.5) is 0 Å². The number of nitrogens with one attached hydrogen (secondary N) is 1. The normalized spacial score (nSPS) is 20.3. The molecule has 0 radical (unpaired) electrons. The maximum atomic E-state index is 11.9. The summed E-state index contributed by atoms with van der Waals surface area (Å²) < 4.78 is 11.3. The van der Waals surface area contributed by atoms with E-state index in [2.05, 4.69) is 5.32 Å². The van der Waals surface area contributed by atoms with E-state index in [9.17, 15) is 9.90 Å². The molecule has 0 saturated carbocycles. The fraction of sp³-hybridized carbons (Fsp3) is 0.938. The van der Waals surface area contributed by atoms with E-state index in [-0.39, 0.29) is 17.9 Å². The molecule has 0 spiro atoms. The first-order valence-electron chi connectivity index (χ1n) is 7.94. The second kappa shape index (κ2) is 8.11. The minimum absolute atomic E-state index is 0.0661. The van der Waals surface area contributed by atoms with Crippen LogP contribution in [0.15, 0.2) is 0 Å². The molecule has 1 rings (SSSR count). The van der Waals surface area contributed by atoms with Crippen molar-refractivity contribution in [2.24, 2.45) is 11.8 Å². The number of hydrogen-bond donors (Lipinski definition) is 2. The number of carbonyl (C=O) groups is 1. The molecule has 0 aromatic rings. The Bertz CT molecular complexity index is 319. The Hall–Kier alpha value is -0.650. The molecule has 2 N–H and O–H groups in total. The van der Waals surface area contributed by atoms with Crippen LogP contribution in [0.5, 0.6) is 0 Å². The Morgan fingerprint density at radius 3 is 2.38 bits per heavy atom. The average molecular weight is 301 g/mol. The summed E-state index contributed by atoms with van der Waals surface area (Å²) in [5.41, 5.74) is -1.03. The molecular weight excluding hydrogens is 270 g/mol. The van der Waals surface area contributed by atoms with Gasteiger partial charge in [0.2, 0.25) is 5.91 Å². The number of carbonyl (C=O) groups excluding carboxylic acids is 1. The van der Waals surface area contributed by atoms with Gasteiger partial charge < -0.3 is 19.9 Å². The van der Waals surface area contributed by atoms with E-state index in [0.717, 1.165) is 26.1 Å². The van der Waals surface area contributed by atoms with E-state index in [0.29, 0.717) is 12.5 Å². The quantitative estimate of drug-likeness (QED) is 0.751. The van der Waals surface area contributed by atoms with Crippen LogP contribution in [0.3, 0.4) is 0 Å². The van der Waals surface area contributed by atoms with Crippen LogP contribution in [-0.4, -0.2) is 48.6 Å². The lowest BCUT2D eigenvalue weighted by atomic mass is 9.93. The molecule has 21 heavy (non-hydrogen) atoms. The SMILES string of the molecule is CC(C)C(=O)NC(C(C)OCC1CCOCC1)C(C)(C)O. The molecular formula is C16H31NO4. The lowest BCUT2D eigenvalue weighted by Crippen LogP contribution is -2.56. The molecule has 5 heteroatoms. The highest BCUT2D eigenvalue weighted by Crippen LogP contribution is 2.19. The Labute approximate surface area is 128 Å². The van der Waals surface area contributed by atoms with Crippen LogP contribution in [0.25, 0.3) is 0 Å². The van der Waals surface area contributed by atoms with Crippen molar-refractivity contribution in [2.45, 2.75) is 65.2 Å². The number of rotatable bonds is 7. The summed E-state index contributed by atoms with van der Waals surface area (Å²) in [6.45, 7) is 11.2. The van der Waals surface area contributed by atoms with Crippen molar-refractivity contribution in [3.05, 3.63) is 0 Å². The van der Waals surface area contributed by atoms with E-state index in [1.54, 1.807) is 13.8 Å². The molecule has 0 aliphatic carbocycles.